The van der Waals surface area contributed by atoms with E-state index in [1.165, 1.54) is 18.4 Å². The van der Waals surface area contributed by atoms with Crippen LogP contribution in [0.4, 0.5) is 5.82 Å². The first kappa shape index (κ1) is 24.3. The lowest BCUT2D eigenvalue weighted by Gasteiger charge is -2.32. The Bertz CT molecular complexity index is 923. The van der Waals surface area contributed by atoms with Gasteiger partial charge < -0.3 is 21.3 Å². The number of anilines is 1. The van der Waals surface area contributed by atoms with Crippen LogP contribution in [0.1, 0.15) is 36.8 Å². The molecule has 32 heavy (non-hydrogen) atoms. The number of guanidine groups is 1. The Hall–Kier alpha value is -2.36. The Labute approximate surface area is 207 Å². The number of nitrogens with one attached hydrogen (secondary N) is 2. The van der Waals surface area contributed by atoms with Crippen molar-refractivity contribution in [3.05, 3.63) is 59.8 Å². The Kier molecular flexibility index (Phi) is 8.33. The van der Waals surface area contributed by atoms with Gasteiger partial charge >= 0.3 is 0 Å². The number of aliphatic imine (C=N–C) groups is 1. The zero-order chi connectivity index (χ0) is 21.7. The van der Waals surface area contributed by atoms with Gasteiger partial charge in [0.2, 0.25) is 5.91 Å². The third-order valence-corrected chi connectivity index (χ3v) is 6.57. The van der Waals surface area contributed by atoms with E-state index in [1.807, 2.05) is 12.3 Å². The normalized spacial score (nSPS) is 17.9. The molecule has 2 fully saturated rings. The molecule has 1 saturated carbocycles. The number of pyridine rings is 1. The highest BCUT2D eigenvalue weighted by molar-refractivity contribution is 14.0. The number of amides is 1. The van der Waals surface area contributed by atoms with Crippen LogP contribution in [0.2, 0.25) is 0 Å². The largest absolute Gasteiger partial charge is 0.369 e. The quantitative estimate of drug-likeness (QED) is 0.281. The first-order valence-corrected chi connectivity index (χ1v) is 11.1. The van der Waals surface area contributed by atoms with E-state index in [1.54, 1.807) is 7.05 Å². The Morgan fingerprint density at radius 2 is 1.88 bits per heavy atom. The number of aromatic nitrogens is 1. The van der Waals surface area contributed by atoms with Crippen molar-refractivity contribution in [2.45, 2.75) is 37.6 Å². The molecule has 2 aromatic rings. The second-order valence-corrected chi connectivity index (χ2v) is 8.58. The summed E-state index contributed by atoms with van der Waals surface area (Å²) in [6, 6.07) is 14.8. The van der Waals surface area contributed by atoms with Gasteiger partial charge in [0.15, 0.2) is 5.96 Å². The molecule has 1 saturated heterocycles. The van der Waals surface area contributed by atoms with Crippen molar-refractivity contribution in [3.63, 3.8) is 0 Å². The number of hydrogen-bond donors (Lipinski definition) is 3. The summed E-state index contributed by atoms with van der Waals surface area (Å²) in [7, 11) is 1.80. The highest BCUT2D eigenvalue weighted by Crippen LogP contribution is 2.47. The number of carbonyl (C=O) groups is 1. The van der Waals surface area contributed by atoms with Crippen LogP contribution in [-0.4, -0.2) is 43.5 Å². The average molecular weight is 548 g/mol. The lowest BCUT2D eigenvalue weighted by molar-refractivity contribution is -0.122. The fourth-order valence-corrected chi connectivity index (χ4v) is 4.39. The molecule has 2 heterocycles. The Morgan fingerprint density at radius 3 is 2.50 bits per heavy atom. The maximum Gasteiger partial charge on any atom is 0.220 e. The molecule has 7 nitrogen and oxygen atoms in total. The van der Waals surface area contributed by atoms with Crippen LogP contribution in [-0.2, 0) is 16.8 Å². The number of nitrogens with zero attached hydrogens (tertiary/aromatic N) is 3. The van der Waals surface area contributed by atoms with E-state index >= 15 is 0 Å². The molecule has 0 bridgehead atoms. The highest BCUT2D eigenvalue weighted by Gasteiger charge is 2.44. The zero-order valence-corrected chi connectivity index (χ0v) is 20.9. The van der Waals surface area contributed by atoms with Gasteiger partial charge in [0.05, 0.1) is 0 Å². The van der Waals surface area contributed by atoms with Crippen LogP contribution in [0.25, 0.3) is 0 Å². The maximum absolute atomic E-state index is 11.5. The minimum absolute atomic E-state index is 0. The van der Waals surface area contributed by atoms with Gasteiger partial charge in [0.25, 0.3) is 0 Å². The summed E-state index contributed by atoms with van der Waals surface area (Å²) in [6.07, 6.45) is 5.79. The van der Waals surface area contributed by atoms with Crippen molar-refractivity contribution in [2.24, 2.45) is 16.6 Å². The van der Waals surface area contributed by atoms with E-state index in [0.717, 1.165) is 49.8 Å². The Morgan fingerprint density at radius 1 is 1.16 bits per heavy atom. The number of halogens is 1. The van der Waals surface area contributed by atoms with Crippen LogP contribution in [0.5, 0.6) is 0 Å². The number of benzene rings is 1. The first-order chi connectivity index (χ1) is 15.1. The van der Waals surface area contributed by atoms with Crippen LogP contribution >= 0.6 is 24.0 Å². The monoisotopic (exact) mass is 548 g/mol. The molecular weight excluding hydrogens is 515 g/mol. The van der Waals surface area contributed by atoms with E-state index in [-0.39, 0.29) is 41.2 Å². The van der Waals surface area contributed by atoms with E-state index < -0.39 is 0 Å². The van der Waals surface area contributed by atoms with Crippen molar-refractivity contribution in [1.29, 1.82) is 0 Å². The summed E-state index contributed by atoms with van der Waals surface area (Å²) in [5.41, 5.74) is 8.21. The van der Waals surface area contributed by atoms with Crippen LogP contribution < -0.4 is 21.3 Å². The van der Waals surface area contributed by atoms with E-state index in [9.17, 15) is 4.79 Å². The second-order valence-electron chi connectivity index (χ2n) is 8.58. The van der Waals surface area contributed by atoms with Crippen molar-refractivity contribution in [2.75, 3.05) is 31.6 Å². The minimum atomic E-state index is -0.193. The van der Waals surface area contributed by atoms with Gasteiger partial charge in [-0.15, -0.1) is 24.0 Å². The van der Waals surface area contributed by atoms with Gasteiger partial charge in [0, 0.05) is 56.3 Å². The highest BCUT2D eigenvalue weighted by atomic mass is 127. The van der Waals surface area contributed by atoms with Gasteiger partial charge in [-0.1, -0.05) is 36.4 Å². The summed E-state index contributed by atoms with van der Waals surface area (Å²) in [5.74, 6) is 1.55. The Balaban J connectivity index is 0.00000289. The molecule has 8 heteroatoms. The zero-order valence-electron chi connectivity index (χ0n) is 18.6. The number of carbonyl (C=O) groups excluding carboxylic acids is 1. The van der Waals surface area contributed by atoms with E-state index in [2.05, 4.69) is 61.9 Å². The number of hydrogen-bond acceptors (Lipinski definition) is 4. The van der Waals surface area contributed by atoms with Gasteiger partial charge in [-0.25, -0.2) is 4.98 Å². The summed E-state index contributed by atoms with van der Waals surface area (Å²) in [4.78, 5) is 22.7. The molecule has 1 amide bonds. The minimum Gasteiger partial charge on any atom is -0.369 e. The van der Waals surface area contributed by atoms with Crippen molar-refractivity contribution in [3.8, 4) is 0 Å². The van der Waals surface area contributed by atoms with Crippen LogP contribution in [0.15, 0.2) is 53.7 Å². The van der Waals surface area contributed by atoms with Gasteiger partial charge in [-0.2, -0.15) is 0 Å². The fraction of sp³-hybridized carbons (Fsp3) is 0.458. The van der Waals surface area contributed by atoms with Crippen molar-refractivity contribution < 1.29 is 4.79 Å². The summed E-state index contributed by atoms with van der Waals surface area (Å²) in [5, 5.41) is 6.95. The standard InChI is InChI=1S/C24H32N6O.HI/c1-26-23(29-17-24(11-12-24)20-7-3-2-4-8-20)28-16-19-6-5-13-27-22(19)30-14-9-18(10-15-30)21(25)31;/h2-8,13,18H,9-12,14-17H2,1H3,(H2,25,31)(H2,26,28,29);1H. The second kappa shape index (κ2) is 11.0. The molecule has 0 unspecified atom stereocenters. The molecule has 0 atom stereocenters. The molecule has 0 radical (unpaired) electrons. The molecule has 1 aliphatic heterocycles. The van der Waals surface area contributed by atoms with Crippen LogP contribution in [0.3, 0.4) is 0 Å². The van der Waals surface area contributed by atoms with Gasteiger partial charge in [0.1, 0.15) is 5.82 Å². The number of piperidine rings is 1. The molecule has 1 aromatic carbocycles. The smallest absolute Gasteiger partial charge is 0.220 e. The molecule has 1 aliphatic carbocycles. The SMILES string of the molecule is CN=C(NCc1cccnc1N1CCC(C(N)=O)CC1)NCC1(c2ccccc2)CC1.I. The van der Waals surface area contributed by atoms with Crippen molar-refractivity contribution >= 4 is 41.7 Å². The molecule has 172 valence electrons. The average Bonchev–Trinajstić information content (AvgIpc) is 3.61. The topological polar surface area (TPSA) is 95.6 Å². The molecular formula is C24H33IN6O. The molecule has 4 rings (SSSR count). The third-order valence-electron chi connectivity index (χ3n) is 6.57. The van der Waals surface area contributed by atoms with E-state index in [4.69, 9.17) is 5.73 Å². The number of rotatable bonds is 7. The first-order valence-electron chi connectivity index (χ1n) is 11.1. The van der Waals surface area contributed by atoms with Gasteiger partial charge in [-0.05, 0) is 37.3 Å². The van der Waals surface area contributed by atoms with Gasteiger partial charge in [-0.3, -0.25) is 9.79 Å². The predicted octanol–water partition coefficient (Wildman–Crippen LogP) is 2.80. The molecule has 2 aliphatic rings. The predicted molar refractivity (Wildman–Crippen MR) is 139 cm³/mol. The summed E-state index contributed by atoms with van der Waals surface area (Å²) >= 11 is 0. The third kappa shape index (κ3) is 5.70. The number of primary amides is 1. The molecule has 4 N–H and O–H groups in total. The molecule has 1 aromatic heterocycles. The lowest BCUT2D eigenvalue weighted by atomic mass is 9.96. The lowest BCUT2D eigenvalue weighted by Crippen LogP contribution is -2.42. The van der Waals surface area contributed by atoms with Crippen LogP contribution in [0, 0.1) is 5.92 Å². The molecule has 0 spiro atoms. The summed E-state index contributed by atoms with van der Waals surface area (Å²) < 4.78 is 0. The van der Waals surface area contributed by atoms with E-state index in [0.29, 0.717) is 6.54 Å². The maximum atomic E-state index is 11.5. The van der Waals surface area contributed by atoms with Crippen molar-refractivity contribution in [1.82, 2.24) is 15.6 Å². The number of nitrogens with two attached hydrogens (primary N) is 1. The fourth-order valence-electron chi connectivity index (χ4n) is 4.39. The summed E-state index contributed by atoms with van der Waals surface area (Å²) in [6.45, 7) is 3.10.